The summed E-state index contributed by atoms with van der Waals surface area (Å²) in [6.07, 6.45) is -1.57. The van der Waals surface area contributed by atoms with Gasteiger partial charge in [0.25, 0.3) is 0 Å². The lowest BCUT2D eigenvalue weighted by Gasteiger charge is -2.20. The molecule has 2 N–H and O–H groups in total. The average molecular weight is 851 g/mol. The quantitative estimate of drug-likeness (QED) is 0.106. The fraction of sp³-hybridized carbons (Fsp3) is 0.174. The summed E-state index contributed by atoms with van der Waals surface area (Å²) >= 11 is 6.79. The molecular weight excluding hydrogens is 808 g/mol. The van der Waals surface area contributed by atoms with E-state index in [1.54, 1.807) is 0 Å². The molecule has 0 aliphatic rings. The van der Waals surface area contributed by atoms with Gasteiger partial charge in [-0.3, -0.25) is 0 Å². The van der Waals surface area contributed by atoms with Gasteiger partial charge in [-0.1, -0.05) is 177 Å². The van der Waals surface area contributed by atoms with Crippen LogP contribution in [0.1, 0.15) is 58.4 Å². The molecule has 0 aliphatic carbocycles. The maximum atomic E-state index is 12.5. The van der Waals surface area contributed by atoms with Crippen molar-refractivity contribution in [3.05, 3.63) is 212 Å². The molecule has 0 saturated carbocycles. The van der Waals surface area contributed by atoms with Gasteiger partial charge in [0.05, 0.1) is 0 Å². The number of esters is 2. The van der Waals surface area contributed by atoms with Crippen molar-refractivity contribution in [1.29, 1.82) is 0 Å². The third-order valence-electron chi connectivity index (χ3n) is 8.66. The fourth-order valence-electron chi connectivity index (χ4n) is 5.70. The number of halogens is 2. The van der Waals surface area contributed by atoms with Crippen molar-refractivity contribution >= 4 is 43.8 Å². The van der Waals surface area contributed by atoms with Crippen LogP contribution in [-0.4, -0.2) is 34.4 Å². The number of carbonyl (C=O) groups is 2. The lowest BCUT2D eigenvalue weighted by molar-refractivity contribution is -0.158. The molecule has 2 atom stereocenters. The van der Waals surface area contributed by atoms with E-state index in [2.05, 4.69) is 31.9 Å². The summed E-state index contributed by atoms with van der Waals surface area (Å²) in [5, 5.41) is 20.6. The number of aliphatic hydroxyl groups excluding tert-OH is 2. The number of aryl methyl sites for hydroxylation is 2. The lowest BCUT2D eigenvalue weighted by Crippen LogP contribution is -2.26. The van der Waals surface area contributed by atoms with Crippen LogP contribution in [0.2, 0.25) is 0 Å². The zero-order valence-corrected chi connectivity index (χ0v) is 32.8. The highest BCUT2D eigenvalue weighted by atomic mass is 79.9. The highest BCUT2D eigenvalue weighted by molar-refractivity contribution is 9.10. The Balaban J connectivity index is 0.000000208. The van der Waals surface area contributed by atoms with E-state index in [0.717, 1.165) is 42.3 Å². The minimum atomic E-state index is -1.16. The Labute approximate surface area is 333 Å². The average Bonchev–Trinajstić information content (AvgIpc) is 3.22. The molecule has 0 amide bonds. The zero-order chi connectivity index (χ0) is 38.1. The van der Waals surface area contributed by atoms with Crippen LogP contribution in [0.4, 0.5) is 0 Å². The van der Waals surface area contributed by atoms with Crippen LogP contribution in [0, 0.1) is 0 Å². The molecule has 6 aromatic rings. The van der Waals surface area contributed by atoms with Gasteiger partial charge in [-0.05, 0) is 83.3 Å². The van der Waals surface area contributed by atoms with E-state index >= 15 is 0 Å². The maximum absolute atomic E-state index is 12.5. The number of hydrogen-bond acceptors (Lipinski definition) is 6. The predicted octanol–water partition coefficient (Wildman–Crippen LogP) is 10.2. The first kappa shape index (κ1) is 40.3. The molecule has 0 fully saturated rings. The Bertz CT molecular complexity index is 1770. The van der Waals surface area contributed by atoms with Gasteiger partial charge in [0, 0.05) is 8.95 Å². The first-order valence-corrected chi connectivity index (χ1v) is 19.3. The van der Waals surface area contributed by atoms with Crippen LogP contribution in [0.3, 0.4) is 0 Å². The third kappa shape index (κ3) is 12.6. The molecule has 6 nitrogen and oxygen atoms in total. The predicted molar refractivity (Wildman–Crippen MR) is 219 cm³/mol. The summed E-state index contributed by atoms with van der Waals surface area (Å²) in [6.45, 7) is 0. The second kappa shape index (κ2) is 21.1. The van der Waals surface area contributed by atoms with Gasteiger partial charge in [-0.2, -0.15) is 0 Å². The molecule has 54 heavy (non-hydrogen) atoms. The Morgan fingerprint density at radius 2 is 0.685 bits per heavy atom. The van der Waals surface area contributed by atoms with Crippen LogP contribution in [0.5, 0.6) is 0 Å². The van der Waals surface area contributed by atoms with Gasteiger partial charge >= 0.3 is 11.9 Å². The Morgan fingerprint density at radius 3 is 0.944 bits per heavy atom. The molecule has 0 heterocycles. The normalized spacial score (nSPS) is 12.0. The first-order valence-electron chi connectivity index (χ1n) is 17.7. The summed E-state index contributed by atoms with van der Waals surface area (Å²) in [5.41, 5.74) is 5.61. The molecule has 0 saturated heterocycles. The van der Waals surface area contributed by atoms with Crippen LogP contribution in [0.15, 0.2) is 179 Å². The van der Waals surface area contributed by atoms with Crippen molar-refractivity contribution < 1.29 is 29.3 Å². The standard InChI is InChI=1S/2C23H21BrO3/c2*24-20-14-11-17(12-15-20)13-16-21(25)23(26)27-22(18-7-3-1-4-8-18)19-9-5-2-6-10-19/h2*1-12,14-15,21-22,25H,13,16H2. The summed E-state index contributed by atoms with van der Waals surface area (Å²) in [7, 11) is 0. The van der Waals surface area contributed by atoms with E-state index < -0.39 is 36.4 Å². The van der Waals surface area contributed by atoms with Gasteiger partial charge in [0.15, 0.2) is 24.4 Å². The monoisotopic (exact) mass is 848 g/mol. The summed E-state index contributed by atoms with van der Waals surface area (Å²) in [6, 6.07) is 53.9. The smallest absolute Gasteiger partial charge is 0.335 e. The number of rotatable bonds is 14. The number of carbonyl (C=O) groups excluding carboxylic acids is 2. The Morgan fingerprint density at radius 1 is 0.426 bits per heavy atom. The van der Waals surface area contributed by atoms with Gasteiger partial charge in [-0.15, -0.1) is 0 Å². The van der Waals surface area contributed by atoms with E-state index in [-0.39, 0.29) is 0 Å². The van der Waals surface area contributed by atoms with Gasteiger partial charge in [0.2, 0.25) is 0 Å². The van der Waals surface area contributed by atoms with E-state index in [9.17, 15) is 19.8 Å². The molecule has 8 heteroatoms. The molecule has 0 aliphatic heterocycles. The van der Waals surface area contributed by atoms with Crippen LogP contribution in [0.25, 0.3) is 0 Å². The van der Waals surface area contributed by atoms with Gasteiger partial charge in [-0.25, -0.2) is 9.59 Å². The van der Waals surface area contributed by atoms with Crippen molar-refractivity contribution in [2.45, 2.75) is 50.1 Å². The van der Waals surface area contributed by atoms with Crippen molar-refractivity contribution in [1.82, 2.24) is 0 Å². The molecule has 0 radical (unpaired) electrons. The zero-order valence-electron chi connectivity index (χ0n) is 29.6. The topological polar surface area (TPSA) is 93.1 Å². The largest absolute Gasteiger partial charge is 0.451 e. The molecule has 0 bridgehead atoms. The minimum absolute atomic E-state index is 0.316. The lowest BCUT2D eigenvalue weighted by atomic mass is 10.0. The second-order valence-electron chi connectivity index (χ2n) is 12.6. The highest BCUT2D eigenvalue weighted by Gasteiger charge is 2.25. The molecule has 6 aromatic carbocycles. The summed E-state index contributed by atoms with van der Waals surface area (Å²) in [5.74, 6) is -1.21. The fourth-order valence-corrected chi connectivity index (χ4v) is 6.23. The van der Waals surface area contributed by atoms with E-state index in [0.29, 0.717) is 25.7 Å². The van der Waals surface area contributed by atoms with Gasteiger partial charge in [0.1, 0.15) is 0 Å². The second-order valence-corrected chi connectivity index (χ2v) is 14.5. The van der Waals surface area contributed by atoms with E-state index in [1.807, 2.05) is 170 Å². The molecule has 2 unspecified atom stereocenters. The third-order valence-corrected chi connectivity index (χ3v) is 9.72. The Hall–Kier alpha value is -4.86. The number of benzene rings is 6. The molecule has 6 rings (SSSR count). The first-order chi connectivity index (χ1) is 26.3. The van der Waals surface area contributed by atoms with E-state index in [4.69, 9.17) is 9.47 Å². The van der Waals surface area contributed by atoms with Crippen molar-refractivity contribution in [2.24, 2.45) is 0 Å². The van der Waals surface area contributed by atoms with E-state index in [1.165, 1.54) is 0 Å². The highest BCUT2D eigenvalue weighted by Crippen LogP contribution is 2.28. The number of hydrogen-bond donors (Lipinski definition) is 2. The SMILES string of the molecule is O=C(OC(c1ccccc1)c1ccccc1)C(O)CCc1ccc(Br)cc1.O=C(OC(c1ccccc1)c1ccccc1)C(O)CCc1ccc(Br)cc1. The van der Waals surface area contributed by atoms with Crippen molar-refractivity contribution in [2.75, 3.05) is 0 Å². The van der Waals surface area contributed by atoms with Crippen LogP contribution in [-0.2, 0) is 31.9 Å². The van der Waals surface area contributed by atoms with Crippen LogP contribution < -0.4 is 0 Å². The molecular formula is C46H42Br2O6. The maximum Gasteiger partial charge on any atom is 0.335 e. The number of ether oxygens (including phenoxy) is 2. The Kier molecular flexibility index (Phi) is 15.8. The number of aliphatic hydroxyl groups is 2. The van der Waals surface area contributed by atoms with Crippen molar-refractivity contribution in [3.63, 3.8) is 0 Å². The molecule has 276 valence electrons. The van der Waals surface area contributed by atoms with Crippen LogP contribution >= 0.6 is 31.9 Å². The van der Waals surface area contributed by atoms with Crippen molar-refractivity contribution in [3.8, 4) is 0 Å². The summed E-state index contributed by atoms with van der Waals surface area (Å²) < 4.78 is 13.4. The van der Waals surface area contributed by atoms with Gasteiger partial charge < -0.3 is 19.7 Å². The minimum Gasteiger partial charge on any atom is -0.451 e. The summed E-state index contributed by atoms with van der Waals surface area (Å²) in [4.78, 5) is 25.0. The molecule has 0 aromatic heterocycles. The molecule has 0 spiro atoms.